The average molecular weight is 449 g/mol. The SMILES string of the molecule is Nc1ncnc2cc(CN3CCN(C(O)c4cc5ccc(Cl)cc5cn4)CC3=O)ccc12. The zero-order valence-corrected chi connectivity index (χ0v) is 17.9. The number of nitrogens with zero attached hydrogens (tertiary/aromatic N) is 5. The fourth-order valence-corrected chi connectivity index (χ4v) is 4.18. The number of benzene rings is 2. The molecule has 4 aromatic rings. The zero-order valence-electron chi connectivity index (χ0n) is 17.1. The summed E-state index contributed by atoms with van der Waals surface area (Å²) in [7, 11) is 0. The van der Waals surface area contributed by atoms with Crippen molar-refractivity contribution in [2.45, 2.75) is 12.8 Å². The molecule has 1 unspecified atom stereocenters. The number of nitrogen functional groups attached to an aromatic ring is 1. The highest BCUT2D eigenvalue weighted by molar-refractivity contribution is 6.31. The summed E-state index contributed by atoms with van der Waals surface area (Å²) in [5.74, 6) is 0.385. The first kappa shape index (κ1) is 20.6. The van der Waals surface area contributed by atoms with E-state index in [4.69, 9.17) is 17.3 Å². The lowest BCUT2D eigenvalue weighted by Gasteiger charge is -2.36. The van der Waals surface area contributed by atoms with Crippen LogP contribution in [0.2, 0.25) is 5.02 Å². The summed E-state index contributed by atoms with van der Waals surface area (Å²) in [6.07, 6.45) is 2.16. The Labute approximate surface area is 189 Å². The van der Waals surface area contributed by atoms with Gasteiger partial charge in [-0.1, -0.05) is 23.7 Å². The molecule has 162 valence electrons. The third-order valence-electron chi connectivity index (χ3n) is 5.77. The zero-order chi connectivity index (χ0) is 22.2. The van der Waals surface area contributed by atoms with Gasteiger partial charge in [0.1, 0.15) is 12.1 Å². The normalized spacial score (nSPS) is 16.1. The summed E-state index contributed by atoms with van der Waals surface area (Å²) in [5.41, 5.74) is 8.11. The van der Waals surface area contributed by atoms with E-state index in [0.717, 1.165) is 27.2 Å². The lowest BCUT2D eigenvalue weighted by Crippen LogP contribution is -2.50. The minimum absolute atomic E-state index is 0.0508. The molecule has 2 aromatic heterocycles. The minimum Gasteiger partial charge on any atom is -0.383 e. The Morgan fingerprint density at radius 1 is 1.06 bits per heavy atom. The van der Waals surface area contributed by atoms with Gasteiger partial charge in [0.25, 0.3) is 0 Å². The molecule has 3 N–H and O–H groups in total. The average Bonchev–Trinajstić information content (AvgIpc) is 2.79. The van der Waals surface area contributed by atoms with E-state index < -0.39 is 6.23 Å². The minimum atomic E-state index is -0.957. The third-order valence-corrected chi connectivity index (χ3v) is 6.00. The molecule has 5 rings (SSSR count). The first-order valence-electron chi connectivity index (χ1n) is 10.2. The van der Waals surface area contributed by atoms with Gasteiger partial charge in [0, 0.05) is 41.6 Å². The monoisotopic (exact) mass is 448 g/mol. The molecule has 8 nitrogen and oxygen atoms in total. The molecule has 0 spiro atoms. The molecule has 1 atom stereocenters. The maximum Gasteiger partial charge on any atom is 0.237 e. The van der Waals surface area contributed by atoms with Gasteiger partial charge in [-0.15, -0.1) is 0 Å². The summed E-state index contributed by atoms with van der Waals surface area (Å²) in [6.45, 7) is 1.63. The highest BCUT2D eigenvalue weighted by atomic mass is 35.5. The number of hydrogen-bond donors (Lipinski definition) is 2. The summed E-state index contributed by atoms with van der Waals surface area (Å²) in [4.78, 5) is 29.0. The first-order chi connectivity index (χ1) is 15.5. The van der Waals surface area contributed by atoms with E-state index in [-0.39, 0.29) is 12.5 Å². The lowest BCUT2D eigenvalue weighted by atomic mass is 10.1. The van der Waals surface area contributed by atoms with E-state index in [1.54, 1.807) is 22.1 Å². The molecule has 1 aliphatic heterocycles. The van der Waals surface area contributed by atoms with E-state index in [9.17, 15) is 9.90 Å². The highest BCUT2D eigenvalue weighted by Crippen LogP contribution is 2.25. The number of aliphatic hydroxyl groups is 1. The molecule has 0 bridgehead atoms. The number of aliphatic hydroxyl groups excluding tert-OH is 1. The van der Waals surface area contributed by atoms with E-state index in [2.05, 4.69) is 15.0 Å². The van der Waals surface area contributed by atoms with Crippen LogP contribution in [-0.4, -0.2) is 55.4 Å². The number of pyridine rings is 1. The van der Waals surface area contributed by atoms with Crippen molar-refractivity contribution in [1.82, 2.24) is 24.8 Å². The van der Waals surface area contributed by atoms with Crippen LogP contribution in [-0.2, 0) is 11.3 Å². The Morgan fingerprint density at radius 2 is 1.94 bits per heavy atom. The van der Waals surface area contributed by atoms with Crippen LogP contribution in [0.3, 0.4) is 0 Å². The Morgan fingerprint density at radius 3 is 2.78 bits per heavy atom. The predicted molar refractivity (Wildman–Crippen MR) is 123 cm³/mol. The van der Waals surface area contributed by atoms with Gasteiger partial charge in [-0.05, 0) is 41.3 Å². The molecule has 9 heteroatoms. The van der Waals surface area contributed by atoms with Crippen molar-refractivity contribution in [3.05, 3.63) is 71.3 Å². The maximum atomic E-state index is 12.8. The Kier molecular flexibility index (Phi) is 5.34. The van der Waals surface area contributed by atoms with Crippen LogP contribution >= 0.6 is 11.6 Å². The number of carbonyl (C=O) groups is 1. The van der Waals surface area contributed by atoms with E-state index in [0.29, 0.717) is 36.2 Å². The van der Waals surface area contributed by atoms with Crippen molar-refractivity contribution in [3.8, 4) is 0 Å². The Balaban J connectivity index is 1.28. The molecule has 3 heterocycles. The van der Waals surface area contributed by atoms with Crippen LogP contribution in [0.4, 0.5) is 5.82 Å². The van der Waals surface area contributed by atoms with E-state index in [1.165, 1.54) is 6.33 Å². The quantitative estimate of drug-likeness (QED) is 0.494. The molecule has 1 aliphatic rings. The number of rotatable bonds is 4. The molecule has 2 aromatic carbocycles. The molecular weight excluding hydrogens is 428 g/mol. The van der Waals surface area contributed by atoms with Crippen molar-refractivity contribution in [2.24, 2.45) is 0 Å². The lowest BCUT2D eigenvalue weighted by molar-refractivity contribution is -0.142. The predicted octanol–water partition coefficient (Wildman–Crippen LogP) is 2.75. The topological polar surface area (TPSA) is 108 Å². The van der Waals surface area contributed by atoms with Crippen molar-refractivity contribution >= 4 is 45.0 Å². The van der Waals surface area contributed by atoms with Gasteiger partial charge in [0.15, 0.2) is 6.23 Å². The van der Waals surface area contributed by atoms with E-state index >= 15 is 0 Å². The van der Waals surface area contributed by atoms with Gasteiger partial charge in [0.05, 0.1) is 17.8 Å². The summed E-state index contributed by atoms with van der Waals surface area (Å²) < 4.78 is 0. The molecule has 32 heavy (non-hydrogen) atoms. The number of piperazine rings is 1. The molecular formula is C23H21ClN6O2. The van der Waals surface area contributed by atoms with Crippen molar-refractivity contribution < 1.29 is 9.90 Å². The number of carbonyl (C=O) groups excluding carboxylic acids is 1. The Bertz CT molecular complexity index is 1330. The first-order valence-corrected chi connectivity index (χ1v) is 10.6. The fraction of sp³-hybridized carbons (Fsp3) is 0.217. The summed E-state index contributed by atoms with van der Waals surface area (Å²) >= 11 is 6.03. The van der Waals surface area contributed by atoms with Crippen LogP contribution in [0.1, 0.15) is 17.5 Å². The van der Waals surface area contributed by atoms with Crippen LogP contribution in [0.25, 0.3) is 21.7 Å². The second-order valence-electron chi connectivity index (χ2n) is 7.87. The fourth-order valence-electron chi connectivity index (χ4n) is 4.00. The molecule has 0 radical (unpaired) electrons. The number of amides is 1. The molecule has 1 amide bonds. The summed E-state index contributed by atoms with van der Waals surface area (Å²) in [6, 6.07) is 13.1. The second-order valence-corrected chi connectivity index (χ2v) is 8.31. The number of fused-ring (bicyclic) bond motifs is 2. The molecule has 1 fully saturated rings. The number of aromatic nitrogens is 3. The number of nitrogens with two attached hydrogens (primary N) is 1. The van der Waals surface area contributed by atoms with Crippen molar-refractivity contribution in [2.75, 3.05) is 25.4 Å². The van der Waals surface area contributed by atoms with Gasteiger partial charge in [0.2, 0.25) is 5.91 Å². The third kappa shape index (κ3) is 3.95. The second kappa shape index (κ2) is 8.31. The van der Waals surface area contributed by atoms with Gasteiger partial charge < -0.3 is 15.7 Å². The smallest absolute Gasteiger partial charge is 0.237 e. The molecule has 0 saturated carbocycles. The van der Waals surface area contributed by atoms with Crippen molar-refractivity contribution in [1.29, 1.82) is 0 Å². The van der Waals surface area contributed by atoms with Crippen LogP contribution in [0.15, 0.2) is 55.0 Å². The summed E-state index contributed by atoms with van der Waals surface area (Å²) in [5, 5.41) is 14.1. The maximum absolute atomic E-state index is 12.8. The van der Waals surface area contributed by atoms with Gasteiger partial charge in [-0.3, -0.25) is 14.7 Å². The van der Waals surface area contributed by atoms with Crippen molar-refractivity contribution in [3.63, 3.8) is 0 Å². The standard InChI is InChI=1S/C23H21ClN6O2/c24-17-3-2-15-9-20(26-10-16(15)8-17)23(32)30-6-5-29(21(31)12-30)11-14-1-4-18-19(7-14)27-13-28-22(18)25/h1-4,7-10,13,23,32H,5-6,11-12H2,(H2,25,27,28). The van der Waals surface area contributed by atoms with Crippen LogP contribution < -0.4 is 5.73 Å². The molecule has 0 aliphatic carbocycles. The molecule has 1 saturated heterocycles. The van der Waals surface area contributed by atoms with Gasteiger partial charge in [-0.25, -0.2) is 9.97 Å². The van der Waals surface area contributed by atoms with Crippen LogP contribution in [0.5, 0.6) is 0 Å². The number of hydrogen-bond acceptors (Lipinski definition) is 7. The largest absolute Gasteiger partial charge is 0.383 e. The number of anilines is 1. The highest BCUT2D eigenvalue weighted by Gasteiger charge is 2.29. The van der Waals surface area contributed by atoms with E-state index in [1.807, 2.05) is 36.4 Å². The van der Waals surface area contributed by atoms with Gasteiger partial charge in [-0.2, -0.15) is 0 Å². The number of halogens is 1. The van der Waals surface area contributed by atoms with Gasteiger partial charge >= 0.3 is 0 Å². The Hall–Kier alpha value is -3.33. The van der Waals surface area contributed by atoms with Crippen LogP contribution in [0, 0.1) is 0 Å².